The lowest BCUT2D eigenvalue weighted by Crippen LogP contribution is -2.35. The summed E-state index contributed by atoms with van der Waals surface area (Å²) in [7, 11) is -6.95. The van der Waals surface area contributed by atoms with Crippen LogP contribution >= 0.6 is 0 Å². The van der Waals surface area contributed by atoms with E-state index in [-0.39, 0.29) is 15.8 Å². The molecular weight excluding hydrogens is 312 g/mol. The monoisotopic (exact) mass is 332 g/mol. The van der Waals surface area contributed by atoms with Crippen molar-refractivity contribution in [3.05, 3.63) is 18.2 Å². The summed E-state index contributed by atoms with van der Waals surface area (Å²) in [5, 5.41) is 6.46. The van der Waals surface area contributed by atoms with Crippen LogP contribution < -0.4 is 10.6 Å². The van der Waals surface area contributed by atoms with Gasteiger partial charge in [-0.25, -0.2) is 16.8 Å². The van der Waals surface area contributed by atoms with Crippen molar-refractivity contribution in [2.24, 2.45) is 0 Å². The van der Waals surface area contributed by atoms with Gasteiger partial charge in [-0.3, -0.25) is 0 Å². The Morgan fingerprint density at radius 2 is 1.67 bits per heavy atom. The Morgan fingerprint density at radius 3 is 2.19 bits per heavy atom. The van der Waals surface area contributed by atoms with E-state index in [2.05, 4.69) is 10.6 Å². The molecule has 1 fully saturated rings. The molecule has 8 heteroatoms. The van der Waals surface area contributed by atoms with Crippen LogP contribution in [0.3, 0.4) is 0 Å². The number of hydrogen-bond donors (Lipinski definition) is 2. The van der Waals surface area contributed by atoms with Gasteiger partial charge in [0.15, 0.2) is 19.7 Å². The van der Waals surface area contributed by atoms with Crippen molar-refractivity contribution < 1.29 is 16.8 Å². The number of sulfone groups is 2. The molecule has 0 unspecified atom stereocenters. The van der Waals surface area contributed by atoms with E-state index in [4.69, 9.17) is 0 Å². The van der Waals surface area contributed by atoms with Crippen LogP contribution in [0.2, 0.25) is 0 Å². The predicted molar refractivity (Wildman–Crippen MR) is 82.2 cm³/mol. The third-order valence-corrected chi connectivity index (χ3v) is 5.73. The van der Waals surface area contributed by atoms with Crippen molar-refractivity contribution in [1.29, 1.82) is 0 Å². The first-order chi connectivity index (χ1) is 9.68. The third kappa shape index (κ3) is 4.18. The molecule has 1 aromatic rings. The molecule has 0 bridgehead atoms. The van der Waals surface area contributed by atoms with Gasteiger partial charge >= 0.3 is 0 Å². The van der Waals surface area contributed by atoms with Gasteiger partial charge in [0.1, 0.15) is 0 Å². The molecule has 118 valence electrons. The number of benzene rings is 1. The minimum absolute atomic E-state index is 0.0128. The highest BCUT2D eigenvalue weighted by Crippen LogP contribution is 2.26. The van der Waals surface area contributed by atoms with Gasteiger partial charge in [-0.1, -0.05) is 0 Å². The predicted octanol–water partition coefficient (Wildman–Crippen LogP) is 0.657. The molecule has 1 saturated heterocycles. The molecule has 0 aliphatic carbocycles. The van der Waals surface area contributed by atoms with Crippen LogP contribution in [0.1, 0.15) is 12.8 Å². The van der Waals surface area contributed by atoms with Crippen LogP contribution in [0.15, 0.2) is 28.0 Å². The second-order valence-corrected chi connectivity index (χ2v) is 9.37. The molecule has 0 radical (unpaired) electrons. The van der Waals surface area contributed by atoms with Crippen molar-refractivity contribution in [3.8, 4) is 0 Å². The smallest absolute Gasteiger partial charge is 0.177 e. The summed E-state index contributed by atoms with van der Waals surface area (Å²) in [5.74, 6) is 0. The molecule has 0 saturated carbocycles. The zero-order valence-electron chi connectivity index (χ0n) is 12.1. The summed E-state index contributed by atoms with van der Waals surface area (Å²) in [5.41, 5.74) is 0.469. The number of anilines is 1. The Kier molecular flexibility index (Phi) is 4.60. The molecule has 1 aliphatic heterocycles. The summed E-state index contributed by atoms with van der Waals surface area (Å²) < 4.78 is 47.0. The lowest BCUT2D eigenvalue weighted by Gasteiger charge is -2.25. The molecule has 0 atom stereocenters. The van der Waals surface area contributed by atoms with E-state index in [1.165, 1.54) is 18.2 Å². The number of nitrogens with one attached hydrogen (secondary N) is 2. The summed E-state index contributed by atoms with van der Waals surface area (Å²) >= 11 is 0. The SMILES string of the molecule is CS(=O)(=O)c1ccc(NC2CCNCC2)c(S(C)(=O)=O)c1. The van der Waals surface area contributed by atoms with Crippen LogP contribution in [0, 0.1) is 0 Å². The highest BCUT2D eigenvalue weighted by Gasteiger charge is 2.20. The van der Waals surface area contributed by atoms with Crippen LogP contribution in [-0.4, -0.2) is 48.5 Å². The Morgan fingerprint density at radius 1 is 1.05 bits per heavy atom. The lowest BCUT2D eigenvalue weighted by atomic mass is 10.1. The fourth-order valence-corrected chi connectivity index (χ4v) is 3.93. The normalized spacial score (nSPS) is 17.6. The highest BCUT2D eigenvalue weighted by atomic mass is 32.2. The number of hydrogen-bond acceptors (Lipinski definition) is 6. The Labute approximate surface area is 125 Å². The molecule has 2 rings (SSSR count). The first-order valence-electron chi connectivity index (χ1n) is 6.69. The van der Waals surface area contributed by atoms with E-state index in [9.17, 15) is 16.8 Å². The van der Waals surface area contributed by atoms with Gasteiger partial charge in [0.05, 0.1) is 15.5 Å². The molecule has 6 nitrogen and oxygen atoms in total. The van der Waals surface area contributed by atoms with E-state index in [0.717, 1.165) is 38.4 Å². The summed E-state index contributed by atoms with van der Waals surface area (Å²) in [4.78, 5) is 0.0442. The van der Waals surface area contributed by atoms with Crippen molar-refractivity contribution >= 4 is 25.4 Å². The maximum absolute atomic E-state index is 11.9. The molecule has 1 aromatic carbocycles. The maximum atomic E-state index is 11.9. The fraction of sp³-hybridized carbons (Fsp3) is 0.538. The highest BCUT2D eigenvalue weighted by molar-refractivity contribution is 7.91. The Bertz CT molecular complexity index is 721. The van der Waals surface area contributed by atoms with Gasteiger partial charge in [-0.2, -0.15) is 0 Å². The molecule has 0 aromatic heterocycles. The molecule has 21 heavy (non-hydrogen) atoms. The van der Waals surface area contributed by atoms with Crippen molar-refractivity contribution in [3.63, 3.8) is 0 Å². The van der Waals surface area contributed by atoms with Gasteiger partial charge < -0.3 is 10.6 Å². The van der Waals surface area contributed by atoms with Crippen LogP contribution in [0.25, 0.3) is 0 Å². The van der Waals surface area contributed by atoms with E-state index >= 15 is 0 Å². The molecule has 2 N–H and O–H groups in total. The fourth-order valence-electron chi connectivity index (χ4n) is 2.35. The largest absolute Gasteiger partial charge is 0.381 e. The summed E-state index contributed by atoms with van der Waals surface area (Å²) in [6.07, 6.45) is 3.95. The van der Waals surface area contributed by atoms with Gasteiger partial charge in [-0.05, 0) is 44.1 Å². The zero-order valence-corrected chi connectivity index (χ0v) is 13.7. The van der Waals surface area contributed by atoms with Crippen molar-refractivity contribution in [2.75, 3.05) is 30.9 Å². The molecular formula is C13H20N2O4S2. The van der Waals surface area contributed by atoms with Crippen LogP contribution in [-0.2, 0) is 19.7 Å². The van der Waals surface area contributed by atoms with E-state index < -0.39 is 19.7 Å². The summed E-state index contributed by atoms with van der Waals surface area (Å²) in [6, 6.07) is 4.40. The average Bonchev–Trinajstić information content (AvgIpc) is 2.38. The van der Waals surface area contributed by atoms with E-state index in [0.29, 0.717) is 5.69 Å². The second-order valence-electron chi connectivity index (χ2n) is 5.37. The minimum Gasteiger partial charge on any atom is -0.381 e. The van der Waals surface area contributed by atoms with Gasteiger partial charge in [0, 0.05) is 18.6 Å². The lowest BCUT2D eigenvalue weighted by molar-refractivity contribution is 0.478. The number of rotatable bonds is 4. The molecule has 0 spiro atoms. The van der Waals surface area contributed by atoms with E-state index in [1.807, 2.05) is 0 Å². The quantitative estimate of drug-likeness (QED) is 0.841. The molecule has 1 heterocycles. The molecule has 0 amide bonds. The first kappa shape index (κ1) is 16.3. The Balaban J connectivity index is 2.40. The first-order valence-corrected chi connectivity index (χ1v) is 10.5. The third-order valence-electron chi connectivity index (χ3n) is 3.48. The van der Waals surface area contributed by atoms with Crippen molar-refractivity contribution in [1.82, 2.24) is 5.32 Å². The van der Waals surface area contributed by atoms with E-state index in [1.54, 1.807) is 0 Å². The van der Waals surface area contributed by atoms with Crippen LogP contribution in [0.5, 0.6) is 0 Å². The van der Waals surface area contributed by atoms with Gasteiger partial charge in [0.25, 0.3) is 0 Å². The standard InChI is InChI=1S/C13H20N2O4S2/c1-20(16,17)11-3-4-12(13(9-11)21(2,18)19)15-10-5-7-14-8-6-10/h3-4,9-10,14-15H,5-8H2,1-2H3. The Hall–Kier alpha value is -1.12. The van der Waals surface area contributed by atoms with Crippen molar-refractivity contribution in [2.45, 2.75) is 28.7 Å². The average molecular weight is 332 g/mol. The maximum Gasteiger partial charge on any atom is 0.177 e. The minimum atomic E-state index is -3.51. The van der Waals surface area contributed by atoms with Gasteiger partial charge in [0.2, 0.25) is 0 Å². The second kappa shape index (κ2) is 5.94. The zero-order chi connectivity index (χ0) is 15.7. The number of piperidine rings is 1. The summed E-state index contributed by atoms with van der Waals surface area (Å²) in [6.45, 7) is 1.76. The molecule has 1 aliphatic rings. The topological polar surface area (TPSA) is 92.3 Å². The van der Waals surface area contributed by atoms with Crippen LogP contribution in [0.4, 0.5) is 5.69 Å². The van der Waals surface area contributed by atoms with Gasteiger partial charge in [-0.15, -0.1) is 0 Å².